The molecule has 156 valence electrons. The van der Waals surface area contributed by atoms with Crippen molar-refractivity contribution in [2.45, 2.75) is 19.9 Å². The van der Waals surface area contributed by atoms with Gasteiger partial charge in [-0.15, -0.1) is 0 Å². The Balaban J connectivity index is 2.12. The number of carbonyl (C=O) groups excluding carboxylic acids is 1. The topological polar surface area (TPSA) is 101 Å². The number of nitrogens with two attached hydrogens (primary N) is 1. The number of nitrogens with zero attached hydrogens (tertiary/aromatic N) is 2. The Labute approximate surface area is 170 Å². The molecule has 0 aliphatic heterocycles. The van der Waals surface area contributed by atoms with Crippen LogP contribution in [-0.4, -0.2) is 22.0 Å². The minimum absolute atomic E-state index is 0.0494. The summed E-state index contributed by atoms with van der Waals surface area (Å²) in [5.74, 6) is -2.87. The molecule has 0 saturated carbocycles. The van der Waals surface area contributed by atoms with Gasteiger partial charge >= 0.3 is 5.69 Å². The summed E-state index contributed by atoms with van der Waals surface area (Å²) < 4.78 is 28.4. The Bertz CT molecular complexity index is 1170. The smallest absolute Gasteiger partial charge is 0.330 e. The van der Waals surface area contributed by atoms with E-state index in [-0.39, 0.29) is 30.2 Å². The predicted octanol–water partition coefficient (Wildman–Crippen LogP) is 2.50. The van der Waals surface area contributed by atoms with Gasteiger partial charge in [0.25, 0.3) is 11.5 Å². The second kappa shape index (κ2) is 8.73. The molecule has 3 N–H and O–H groups in total. The molecule has 30 heavy (non-hydrogen) atoms. The Morgan fingerprint density at radius 2 is 1.73 bits per heavy atom. The maximum Gasteiger partial charge on any atom is 0.330 e. The van der Waals surface area contributed by atoms with Crippen molar-refractivity contribution in [3.05, 3.63) is 92.1 Å². The van der Waals surface area contributed by atoms with E-state index < -0.39 is 28.8 Å². The standard InChI is InChI=1S/C21H20F2N4O3/c1-2-8-26(20(29)14-9-15(22)11-16(23)10-14)17-18(24)27(21(30)25-19(17)28)12-13-6-4-3-5-7-13/h3-7,9-11H,2,8,12,24H2,1H3,(H,25,28,30). The molecule has 7 nitrogen and oxygen atoms in total. The average Bonchev–Trinajstić information content (AvgIpc) is 2.70. The van der Waals surface area contributed by atoms with Crippen LogP contribution in [0.3, 0.4) is 0 Å². The van der Waals surface area contributed by atoms with Crippen molar-refractivity contribution in [2.24, 2.45) is 0 Å². The summed E-state index contributed by atoms with van der Waals surface area (Å²) in [6.07, 6.45) is 0.431. The molecule has 0 saturated heterocycles. The summed E-state index contributed by atoms with van der Waals surface area (Å²) in [4.78, 5) is 41.1. The van der Waals surface area contributed by atoms with Crippen molar-refractivity contribution < 1.29 is 13.6 Å². The van der Waals surface area contributed by atoms with Gasteiger partial charge in [0.05, 0.1) is 6.54 Å². The monoisotopic (exact) mass is 414 g/mol. The van der Waals surface area contributed by atoms with Gasteiger partial charge in [-0.25, -0.2) is 13.6 Å². The molecule has 0 atom stereocenters. The second-order valence-electron chi connectivity index (χ2n) is 6.68. The van der Waals surface area contributed by atoms with E-state index in [9.17, 15) is 23.2 Å². The van der Waals surface area contributed by atoms with Gasteiger partial charge in [-0.05, 0) is 24.1 Å². The van der Waals surface area contributed by atoms with Gasteiger partial charge in [-0.1, -0.05) is 37.3 Å². The highest BCUT2D eigenvalue weighted by molar-refractivity contribution is 6.07. The van der Waals surface area contributed by atoms with Gasteiger partial charge in [0, 0.05) is 18.2 Å². The Morgan fingerprint density at radius 1 is 1.10 bits per heavy atom. The molecule has 1 heterocycles. The van der Waals surface area contributed by atoms with Crippen molar-refractivity contribution in [1.29, 1.82) is 0 Å². The van der Waals surface area contributed by atoms with Gasteiger partial charge in [0.15, 0.2) is 5.69 Å². The van der Waals surface area contributed by atoms with Crippen LogP contribution in [0.5, 0.6) is 0 Å². The SMILES string of the molecule is CCCN(C(=O)c1cc(F)cc(F)c1)c1c(N)n(Cc2ccccc2)c(=O)[nH]c1=O. The van der Waals surface area contributed by atoms with Gasteiger partial charge in [0.1, 0.15) is 17.5 Å². The van der Waals surface area contributed by atoms with Crippen LogP contribution < -0.4 is 21.9 Å². The maximum absolute atomic E-state index is 13.6. The van der Waals surface area contributed by atoms with Crippen molar-refractivity contribution >= 4 is 17.4 Å². The number of nitrogens with one attached hydrogen (secondary N) is 1. The van der Waals surface area contributed by atoms with Crippen LogP contribution in [-0.2, 0) is 6.54 Å². The van der Waals surface area contributed by atoms with Crippen molar-refractivity contribution in [3.63, 3.8) is 0 Å². The summed E-state index contributed by atoms with van der Waals surface area (Å²) in [6.45, 7) is 1.88. The average molecular weight is 414 g/mol. The number of hydrogen-bond acceptors (Lipinski definition) is 4. The lowest BCUT2D eigenvalue weighted by Gasteiger charge is -2.24. The fraction of sp³-hybridized carbons (Fsp3) is 0.190. The summed E-state index contributed by atoms with van der Waals surface area (Å²) >= 11 is 0. The first-order chi connectivity index (χ1) is 14.3. The number of aromatic nitrogens is 2. The number of amides is 1. The molecular formula is C21H20F2N4O3. The van der Waals surface area contributed by atoms with E-state index in [4.69, 9.17) is 5.73 Å². The fourth-order valence-electron chi connectivity index (χ4n) is 3.13. The molecular weight excluding hydrogens is 394 g/mol. The molecule has 1 aromatic heterocycles. The normalized spacial score (nSPS) is 10.8. The van der Waals surface area contributed by atoms with Crippen molar-refractivity contribution in [3.8, 4) is 0 Å². The number of carbonyl (C=O) groups is 1. The number of aromatic amines is 1. The Kier molecular flexibility index (Phi) is 6.10. The van der Waals surface area contributed by atoms with E-state index in [1.165, 1.54) is 0 Å². The van der Waals surface area contributed by atoms with E-state index in [1.54, 1.807) is 31.2 Å². The minimum Gasteiger partial charge on any atom is -0.383 e. The number of nitrogen functional groups attached to an aromatic ring is 1. The lowest BCUT2D eigenvalue weighted by Crippen LogP contribution is -2.41. The molecule has 2 aromatic carbocycles. The van der Waals surface area contributed by atoms with Gasteiger partial charge in [-0.2, -0.15) is 0 Å². The Morgan fingerprint density at radius 3 is 2.33 bits per heavy atom. The van der Waals surface area contributed by atoms with Gasteiger partial charge in [0.2, 0.25) is 0 Å². The zero-order chi connectivity index (χ0) is 21.8. The number of halogens is 2. The van der Waals surface area contributed by atoms with E-state index >= 15 is 0 Å². The number of anilines is 2. The summed E-state index contributed by atoms with van der Waals surface area (Å²) in [6, 6.07) is 11.3. The number of benzene rings is 2. The van der Waals surface area contributed by atoms with Crippen LogP contribution in [0.4, 0.5) is 20.3 Å². The van der Waals surface area contributed by atoms with Crippen LogP contribution in [0.1, 0.15) is 29.3 Å². The summed E-state index contributed by atoms with van der Waals surface area (Å²) in [5.41, 5.74) is 4.78. The molecule has 9 heteroatoms. The lowest BCUT2D eigenvalue weighted by molar-refractivity contribution is 0.0985. The molecule has 0 unspecified atom stereocenters. The van der Waals surface area contributed by atoms with Crippen molar-refractivity contribution in [1.82, 2.24) is 9.55 Å². The summed E-state index contributed by atoms with van der Waals surface area (Å²) in [7, 11) is 0. The molecule has 1 amide bonds. The molecule has 0 aliphatic carbocycles. The highest BCUT2D eigenvalue weighted by Gasteiger charge is 2.25. The second-order valence-corrected chi connectivity index (χ2v) is 6.68. The highest BCUT2D eigenvalue weighted by Crippen LogP contribution is 2.21. The number of H-pyrrole nitrogens is 1. The van der Waals surface area contributed by atoms with Crippen LogP contribution >= 0.6 is 0 Å². The Hall–Kier alpha value is -3.75. The van der Waals surface area contributed by atoms with Gasteiger partial charge in [-0.3, -0.25) is 19.1 Å². The quantitative estimate of drug-likeness (QED) is 0.647. The largest absolute Gasteiger partial charge is 0.383 e. The third-order valence-electron chi connectivity index (χ3n) is 4.47. The molecule has 3 rings (SSSR count). The van der Waals surface area contributed by atoms with E-state index in [0.29, 0.717) is 12.5 Å². The first kappa shape index (κ1) is 21.0. The number of hydrogen-bond donors (Lipinski definition) is 2. The van der Waals surface area contributed by atoms with Crippen LogP contribution in [0.25, 0.3) is 0 Å². The van der Waals surface area contributed by atoms with E-state index in [2.05, 4.69) is 4.98 Å². The maximum atomic E-state index is 13.6. The van der Waals surface area contributed by atoms with Gasteiger partial charge < -0.3 is 10.6 Å². The van der Waals surface area contributed by atoms with Crippen LogP contribution in [0, 0.1) is 11.6 Å². The first-order valence-corrected chi connectivity index (χ1v) is 9.26. The molecule has 0 aliphatic rings. The minimum atomic E-state index is -0.925. The van der Waals surface area contributed by atoms with E-state index in [1.807, 2.05) is 6.07 Å². The lowest BCUT2D eigenvalue weighted by atomic mass is 10.1. The zero-order valence-electron chi connectivity index (χ0n) is 16.2. The molecule has 0 fully saturated rings. The van der Waals surface area contributed by atoms with E-state index in [0.717, 1.165) is 27.2 Å². The van der Waals surface area contributed by atoms with Crippen LogP contribution in [0.2, 0.25) is 0 Å². The third-order valence-corrected chi connectivity index (χ3v) is 4.47. The molecule has 0 radical (unpaired) electrons. The molecule has 3 aromatic rings. The number of rotatable bonds is 6. The summed E-state index contributed by atoms with van der Waals surface area (Å²) in [5, 5.41) is 0. The first-order valence-electron chi connectivity index (χ1n) is 9.26. The molecule has 0 bridgehead atoms. The predicted molar refractivity (Wildman–Crippen MR) is 110 cm³/mol. The highest BCUT2D eigenvalue weighted by atomic mass is 19.1. The molecule has 0 spiro atoms. The zero-order valence-corrected chi connectivity index (χ0v) is 16.2. The third kappa shape index (κ3) is 4.29. The van der Waals surface area contributed by atoms with Crippen molar-refractivity contribution in [2.75, 3.05) is 17.2 Å². The fourth-order valence-corrected chi connectivity index (χ4v) is 3.13. The van der Waals surface area contributed by atoms with Crippen LogP contribution in [0.15, 0.2) is 58.1 Å².